The van der Waals surface area contributed by atoms with Crippen molar-refractivity contribution in [3.8, 4) is 16.9 Å². The highest BCUT2D eigenvalue weighted by molar-refractivity contribution is 5.73. The number of carboxylic acids is 1. The molecule has 204 valence electrons. The minimum Gasteiger partial charge on any atom is -0.489 e. The van der Waals surface area contributed by atoms with Crippen molar-refractivity contribution in [2.24, 2.45) is 0 Å². The summed E-state index contributed by atoms with van der Waals surface area (Å²) in [5.41, 5.74) is 8.80. The Labute approximate surface area is 234 Å². The van der Waals surface area contributed by atoms with Gasteiger partial charge in [0.05, 0.1) is 13.2 Å². The van der Waals surface area contributed by atoms with Crippen LogP contribution in [0.15, 0.2) is 84.9 Å². The van der Waals surface area contributed by atoms with Gasteiger partial charge in [-0.25, -0.2) is 4.85 Å². The zero-order valence-corrected chi connectivity index (χ0v) is 22.6. The summed E-state index contributed by atoms with van der Waals surface area (Å²) in [6, 6.07) is 26.7. The summed E-state index contributed by atoms with van der Waals surface area (Å²) >= 11 is 0. The van der Waals surface area contributed by atoms with Gasteiger partial charge in [-0.05, 0) is 59.4 Å². The smallest absolute Gasteiger partial charge is 0.323 e. The molecule has 0 bridgehead atoms. The van der Waals surface area contributed by atoms with E-state index in [1.165, 1.54) is 22.3 Å². The molecule has 4 aromatic rings. The number of hydrogen-bond donors (Lipinski definition) is 4. The Kier molecular flexibility index (Phi) is 9.53. The third-order valence-corrected chi connectivity index (χ3v) is 6.86. The number of carbonyl (C=O) groups is 1. The van der Waals surface area contributed by atoms with Crippen molar-refractivity contribution in [2.75, 3.05) is 11.9 Å². The van der Waals surface area contributed by atoms with Crippen molar-refractivity contribution < 1.29 is 19.7 Å². The van der Waals surface area contributed by atoms with Crippen LogP contribution in [-0.4, -0.2) is 28.8 Å². The maximum absolute atomic E-state index is 11.4. The summed E-state index contributed by atoms with van der Waals surface area (Å²) in [5, 5.41) is 25.2. The minimum atomic E-state index is -1.12. The fraction of sp³-hybridized carbons (Fsp3) is 0.212. The SMILES string of the molecule is [C-]#[N+]c1cccc(COc2cc(NCc3cccc(-c4ccccc4)c3C)c(C)cc2CN[C@H](CO)C(=O)O)c1. The van der Waals surface area contributed by atoms with Crippen LogP contribution < -0.4 is 15.4 Å². The van der Waals surface area contributed by atoms with Gasteiger partial charge < -0.3 is 20.3 Å². The van der Waals surface area contributed by atoms with E-state index in [2.05, 4.69) is 52.7 Å². The molecule has 0 saturated heterocycles. The first-order chi connectivity index (χ1) is 19.4. The molecule has 40 heavy (non-hydrogen) atoms. The Morgan fingerprint density at radius 2 is 1.73 bits per heavy atom. The Hall–Kier alpha value is -4.64. The van der Waals surface area contributed by atoms with E-state index < -0.39 is 18.6 Å². The molecule has 0 unspecified atom stereocenters. The van der Waals surface area contributed by atoms with Gasteiger partial charge in [-0.1, -0.05) is 66.7 Å². The van der Waals surface area contributed by atoms with Crippen molar-refractivity contribution >= 4 is 17.3 Å². The molecule has 0 radical (unpaired) electrons. The van der Waals surface area contributed by atoms with Crippen LogP contribution in [0.1, 0.15) is 27.8 Å². The van der Waals surface area contributed by atoms with Crippen molar-refractivity contribution in [1.82, 2.24) is 5.32 Å². The van der Waals surface area contributed by atoms with Gasteiger partial charge >= 0.3 is 5.97 Å². The van der Waals surface area contributed by atoms with Crippen LogP contribution in [0.3, 0.4) is 0 Å². The van der Waals surface area contributed by atoms with Crippen molar-refractivity contribution in [1.29, 1.82) is 0 Å². The summed E-state index contributed by atoms with van der Waals surface area (Å²) in [6.07, 6.45) is 0. The lowest BCUT2D eigenvalue weighted by Gasteiger charge is -2.19. The van der Waals surface area contributed by atoms with E-state index in [9.17, 15) is 15.0 Å². The first-order valence-electron chi connectivity index (χ1n) is 13.1. The Balaban J connectivity index is 1.58. The zero-order valence-electron chi connectivity index (χ0n) is 22.6. The molecule has 4 rings (SSSR count). The van der Waals surface area contributed by atoms with E-state index >= 15 is 0 Å². The van der Waals surface area contributed by atoms with E-state index in [0.29, 0.717) is 18.0 Å². The molecular weight excluding hydrogens is 502 g/mol. The molecule has 0 saturated carbocycles. The molecule has 4 aromatic carbocycles. The molecular formula is C33H33N3O4. The van der Waals surface area contributed by atoms with Gasteiger partial charge in [0.1, 0.15) is 18.4 Å². The normalized spacial score (nSPS) is 11.4. The molecule has 0 aliphatic carbocycles. The summed E-state index contributed by atoms with van der Waals surface area (Å²) in [5.74, 6) is -0.533. The van der Waals surface area contributed by atoms with E-state index in [1.807, 2.05) is 49.4 Å². The first-order valence-corrected chi connectivity index (χ1v) is 13.1. The van der Waals surface area contributed by atoms with Crippen molar-refractivity contribution in [3.63, 3.8) is 0 Å². The van der Waals surface area contributed by atoms with Gasteiger partial charge in [0, 0.05) is 30.4 Å². The van der Waals surface area contributed by atoms with Crippen molar-refractivity contribution in [3.05, 3.63) is 124 Å². The molecule has 0 spiro atoms. The molecule has 0 aliphatic heterocycles. The number of benzene rings is 4. The summed E-state index contributed by atoms with van der Waals surface area (Å²) in [7, 11) is 0. The second-order valence-electron chi connectivity index (χ2n) is 9.61. The van der Waals surface area contributed by atoms with Gasteiger partial charge in [-0.2, -0.15) is 0 Å². The van der Waals surface area contributed by atoms with Crippen LogP contribution in [0.2, 0.25) is 0 Å². The maximum atomic E-state index is 11.4. The number of carboxylic acid groups (broad SMARTS) is 1. The standard InChI is InChI=1S/C33H33N3O4/c1-22-15-27(19-36-31(20-37)33(38)39)32(40-21-24-9-7-13-28(16-24)34-3)17-30(22)35-18-26-12-8-14-29(23(26)2)25-10-5-4-6-11-25/h4-17,31,35-37H,18-21H2,1-2H3,(H,38,39)/t31-/m1/s1. The van der Waals surface area contributed by atoms with Crippen LogP contribution in [-0.2, 0) is 24.5 Å². The molecule has 0 heterocycles. The fourth-order valence-electron chi connectivity index (χ4n) is 4.55. The van der Waals surface area contributed by atoms with Crippen molar-refractivity contribution in [2.45, 2.75) is 39.6 Å². The molecule has 1 atom stereocenters. The van der Waals surface area contributed by atoms with Gasteiger partial charge in [-0.3, -0.25) is 10.1 Å². The number of rotatable bonds is 12. The first kappa shape index (κ1) is 28.4. The number of aliphatic hydroxyl groups is 1. The van der Waals surface area contributed by atoms with E-state index in [4.69, 9.17) is 11.3 Å². The molecule has 0 amide bonds. The van der Waals surface area contributed by atoms with Gasteiger partial charge in [0.25, 0.3) is 0 Å². The Morgan fingerprint density at radius 3 is 2.45 bits per heavy atom. The number of ether oxygens (including phenoxy) is 1. The number of hydrogen-bond acceptors (Lipinski definition) is 5. The second-order valence-corrected chi connectivity index (χ2v) is 9.61. The Bertz CT molecular complexity index is 1510. The lowest BCUT2D eigenvalue weighted by atomic mass is 9.96. The van der Waals surface area contributed by atoms with E-state index in [1.54, 1.807) is 12.1 Å². The summed E-state index contributed by atoms with van der Waals surface area (Å²) in [4.78, 5) is 14.9. The van der Waals surface area contributed by atoms with E-state index in [-0.39, 0.29) is 13.2 Å². The van der Waals surface area contributed by atoms with Crippen LogP contribution in [0.5, 0.6) is 5.75 Å². The van der Waals surface area contributed by atoms with Gasteiger partial charge in [0.15, 0.2) is 5.69 Å². The van der Waals surface area contributed by atoms with Crippen LogP contribution in [0.25, 0.3) is 16.0 Å². The number of aryl methyl sites for hydroxylation is 1. The summed E-state index contributed by atoms with van der Waals surface area (Å²) in [6.45, 7) is 11.9. The third kappa shape index (κ3) is 7.06. The Morgan fingerprint density at radius 1 is 0.950 bits per heavy atom. The molecule has 7 heteroatoms. The van der Waals surface area contributed by atoms with Crippen LogP contribution in [0.4, 0.5) is 11.4 Å². The highest BCUT2D eigenvalue weighted by Crippen LogP contribution is 2.30. The maximum Gasteiger partial charge on any atom is 0.323 e. The topological polar surface area (TPSA) is 95.2 Å². The van der Waals surface area contributed by atoms with Gasteiger partial charge in [-0.15, -0.1) is 0 Å². The zero-order chi connectivity index (χ0) is 28.5. The van der Waals surface area contributed by atoms with Crippen LogP contribution >= 0.6 is 0 Å². The lowest BCUT2D eigenvalue weighted by Crippen LogP contribution is -2.39. The second kappa shape index (κ2) is 13.4. The number of aliphatic carboxylic acids is 1. The molecule has 0 aliphatic rings. The molecule has 0 aromatic heterocycles. The van der Waals surface area contributed by atoms with E-state index in [0.717, 1.165) is 22.4 Å². The lowest BCUT2D eigenvalue weighted by molar-refractivity contribution is -0.140. The monoisotopic (exact) mass is 535 g/mol. The number of nitrogens with one attached hydrogen (secondary N) is 2. The molecule has 4 N–H and O–H groups in total. The quantitative estimate of drug-likeness (QED) is 0.160. The number of nitrogens with zero attached hydrogens (tertiary/aromatic N) is 1. The average molecular weight is 536 g/mol. The van der Waals surface area contributed by atoms with Crippen LogP contribution in [0, 0.1) is 20.4 Å². The third-order valence-electron chi connectivity index (χ3n) is 6.86. The fourth-order valence-corrected chi connectivity index (χ4v) is 4.55. The summed E-state index contributed by atoms with van der Waals surface area (Å²) < 4.78 is 6.20. The minimum absolute atomic E-state index is 0.203. The highest BCUT2D eigenvalue weighted by atomic mass is 16.5. The highest BCUT2D eigenvalue weighted by Gasteiger charge is 2.17. The largest absolute Gasteiger partial charge is 0.489 e. The average Bonchev–Trinajstić information content (AvgIpc) is 2.97. The molecule has 7 nitrogen and oxygen atoms in total. The molecule has 0 fully saturated rings. The predicted molar refractivity (Wildman–Crippen MR) is 158 cm³/mol. The number of anilines is 1. The number of aliphatic hydroxyl groups excluding tert-OH is 1. The van der Waals surface area contributed by atoms with Gasteiger partial charge in [0.2, 0.25) is 0 Å². The predicted octanol–water partition coefficient (Wildman–Crippen LogP) is 6.25.